The Morgan fingerprint density at radius 1 is 1.41 bits per heavy atom. The SMILES string of the molecule is CCOc1ccccc1C(C)(CCO)C(C)N. The van der Waals surface area contributed by atoms with Crippen LogP contribution < -0.4 is 10.5 Å². The van der Waals surface area contributed by atoms with Crippen molar-refractivity contribution in [3.05, 3.63) is 29.8 Å². The van der Waals surface area contributed by atoms with Crippen molar-refractivity contribution < 1.29 is 9.84 Å². The number of nitrogens with two attached hydrogens (primary N) is 1. The fraction of sp³-hybridized carbons (Fsp3) is 0.571. The van der Waals surface area contributed by atoms with Crippen molar-refractivity contribution in [1.29, 1.82) is 0 Å². The Hall–Kier alpha value is -1.06. The zero-order chi connectivity index (χ0) is 12.9. The van der Waals surface area contributed by atoms with Crippen LogP contribution >= 0.6 is 0 Å². The normalized spacial score (nSPS) is 16.3. The van der Waals surface area contributed by atoms with Crippen LogP contribution in [0.1, 0.15) is 32.8 Å². The van der Waals surface area contributed by atoms with Crippen molar-refractivity contribution in [2.75, 3.05) is 13.2 Å². The quantitative estimate of drug-likeness (QED) is 0.796. The smallest absolute Gasteiger partial charge is 0.123 e. The first-order valence-corrected chi connectivity index (χ1v) is 6.15. The van der Waals surface area contributed by atoms with Crippen LogP contribution in [0.3, 0.4) is 0 Å². The van der Waals surface area contributed by atoms with Gasteiger partial charge in [0.1, 0.15) is 5.75 Å². The second-order valence-corrected chi connectivity index (χ2v) is 4.61. The number of hydrogen-bond donors (Lipinski definition) is 2. The third kappa shape index (κ3) is 2.99. The van der Waals surface area contributed by atoms with Crippen LogP contribution in [-0.4, -0.2) is 24.4 Å². The van der Waals surface area contributed by atoms with E-state index in [9.17, 15) is 5.11 Å². The van der Waals surface area contributed by atoms with E-state index < -0.39 is 0 Å². The van der Waals surface area contributed by atoms with Gasteiger partial charge in [-0.2, -0.15) is 0 Å². The highest BCUT2D eigenvalue weighted by Gasteiger charge is 2.32. The first-order valence-electron chi connectivity index (χ1n) is 6.15. The summed E-state index contributed by atoms with van der Waals surface area (Å²) in [6.07, 6.45) is 0.634. The molecular formula is C14H23NO2. The Morgan fingerprint density at radius 3 is 2.59 bits per heavy atom. The number of aliphatic hydroxyl groups is 1. The van der Waals surface area contributed by atoms with Crippen molar-refractivity contribution in [3.8, 4) is 5.75 Å². The molecule has 0 radical (unpaired) electrons. The maximum atomic E-state index is 9.24. The molecule has 1 aromatic rings. The lowest BCUT2D eigenvalue weighted by molar-refractivity contribution is 0.224. The zero-order valence-corrected chi connectivity index (χ0v) is 10.9. The molecule has 17 heavy (non-hydrogen) atoms. The predicted molar refractivity (Wildman–Crippen MR) is 70.3 cm³/mol. The van der Waals surface area contributed by atoms with Gasteiger partial charge < -0.3 is 15.6 Å². The van der Waals surface area contributed by atoms with Crippen molar-refractivity contribution in [3.63, 3.8) is 0 Å². The molecule has 1 rings (SSSR count). The maximum absolute atomic E-state index is 9.24. The Balaban J connectivity index is 3.17. The van der Waals surface area contributed by atoms with Crippen molar-refractivity contribution >= 4 is 0 Å². The molecule has 0 saturated heterocycles. The van der Waals surface area contributed by atoms with Crippen LogP contribution in [0.5, 0.6) is 5.75 Å². The van der Waals surface area contributed by atoms with Crippen LogP contribution in [0.15, 0.2) is 24.3 Å². The molecule has 2 unspecified atom stereocenters. The molecule has 0 aliphatic rings. The molecule has 3 heteroatoms. The minimum absolute atomic E-state index is 0.0451. The Morgan fingerprint density at radius 2 is 2.06 bits per heavy atom. The molecule has 3 nitrogen and oxygen atoms in total. The molecule has 0 aromatic heterocycles. The van der Waals surface area contributed by atoms with Gasteiger partial charge in [-0.15, -0.1) is 0 Å². The largest absolute Gasteiger partial charge is 0.494 e. The van der Waals surface area contributed by atoms with E-state index in [2.05, 4.69) is 6.92 Å². The zero-order valence-electron chi connectivity index (χ0n) is 10.9. The number of rotatable bonds is 6. The van der Waals surface area contributed by atoms with Gasteiger partial charge in [0.25, 0.3) is 0 Å². The highest BCUT2D eigenvalue weighted by molar-refractivity contribution is 5.40. The van der Waals surface area contributed by atoms with Crippen LogP contribution in [0.2, 0.25) is 0 Å². The third-order valence-electron chi connectivity index (χ3n) is 3.44. The number of aliphatic hydroxyl groups excluding tert-OH is 1. The minimum Gasteiger partial charge on any atom is -0.494 e. The summed E-state index contributed by atoms with van der Waals surface area (Å²) in [5.74, 6) is 0.864. The molecule has 0 amide bonds. The van der Waals surface area contributed by atoms with Gasteiger partial charge in [-0.1, -0.05) is 25.1 Å². The lowest BCUT2D eigenvalue weighted by atomic mass is 9.74. The molecule has 2 atom stereocenters. The maximum Gasteiger partial charge on any atom is 0.123 e. The minimum atomic E-state index is -0.263. The highest BCUT2D eigenvalue weighted by Crippen LogP contribution is 2.36. The molecule has 0 heterocycles. The van der Waals surface area contributed by atoms with Crippen LogP contribution in [-0.2, 0) is 5.41 Å². The second-order valence-electron chi connectivity index (χ2n) is 4.61. The first kappa shape index (κ1) is 14.0. The fourth-order valence-corrected chi connectivity index (χ4v) is 2.06. The van der Waals surface area contributed by atoms with E-state index in [1.165, 1.54) is 0 Å². The lowest BCUT2D eigenvalue weighted by Gasteiger charge is -2.34. The Kier molecular flexibility index (Phi) is 4.97. The lowest BCUT2D eigenvalue weighted by Crippen LogP contribution is -2.42. The number of para-hydroxylation sites is 1. The van der Waals surface area contributed by atoms with E-state index in [-0.39, 0.29) is 18.1 Å². The molecule has 0 spiro atoms. The van der Waals surface area contributed by atoms with Gasteiger partial charge in [0.05, 0.1) is 6.61 Å². The van der Waals surface area contributed by atoms with Crippen molar-refractivity contribution in [1.82, 2.24) is 0 Å². The van der Waals surface area contributed by atoms with E-state index in [4.69, 9.17) is 10.5 Å². The van der Waals surface area contributed by atoms with Gasteiger partial charge in [-0.25, -0.2) is 0 Å². The number of benzene rings is 1. The van der Waals surface area contributed by atoms with Crippen LogP contribution in [0, 0.1) is 0 Å². The summed E-state index contributed by atoms with van der Waals surface area (Å²) in [6, 6.07) is 7.88. The summed E-state index contributed by atoms with van der Waals surface area (Å²) in [5, 5.41) is 9.24. The Bertz CT molecular complexity index is 352. The van der Waals surface area contributed by atoms with Crippen molar-refractivity contribution in [2.45, 2.75) is 38.6 Å². The summed E-state index contributed by atoms with van der Waals surface area (Å²) < 4.78 is 5.64. The molecule has 0 aliphatic carbocycles. The summed E-state index contributed by atoms with van der Waals surface area (Å²) in [7, 11) is 0. The molecule has 1 aromatic carbocycles. The highest BCUT2D eigenvalue weighted by atomic mass is 16.5. The third-order valence-corrected chi connectivity index (χ3v) is 3.44. The van der Waals surface area contributed by atoms with Crippen LogP contribution in [0.25, 0.3) is 0 Å². The topological polar surface area (TPSA) is 55.5 Å². The average molecular weight is 237 g/mol. The Labute approximate surface area is 104 Å². The molecule has 3 N–H and O–H groups in total. The van der Waals surface area contributed by atoms with Gasteiger partial charge in [0.15, 0.2) is 0 Å². The van der Waals surface area contributed by atoms with E-state index >= 15 is 0 Å². The van der Waals surface area contributed by atoms with Gasteiger partial charge in [0, 0.05) is 23.6 Å². The molecule has 0 aliphatic heterocycles. The van der Waals surface area contributed by atoms with Gasteiger partial charge >= 0.3 is 0 Å². The summed E-state index contributed by atoms with van der Waals surface area (Å²) in [6.45, 7) is 6.76. The standard InChI is InChI=1S/C14H23NO2/c1-4-17-13-8-6-5-7-12(13)14(3,9-10-16)11(2)15/h5-8,11,16H,4,9-10,15H2,1-3H3. The second kappa shape index (κ2) is 6.03. The van der Waals surface area contributed by atoms with Gasteiger partial charge in [0.2, 0.25) is 0 Å². The molecule has 0 bridgehead atoms. The number of hydrogen-bond acceptors (Lipinski definition) is 3. The van der Waals surface area contributed by atoms with Crippen LogP contribution in [0.4, 0.5) is 0 Å². The molecular weight excluding hydrogens is 214 g/mol. The van der Waals surface area contributed by atoms with E-state index in [1.807, 2.05) is 38.1 Å². The monoisotopic (exact) mass is 237 g/mol. The van der Waals surface area contributed by atoms with E-state index in [0.717, 1.165) is 11.3 Å². The van der Waals surface area contributed by atoms with Crippen molar-refractivity contribution in [2.24, 2.45) is 5.73 Å². The van der Waals surface area contributed by atoms with Gasteiger partial charge in [-0.05, 0) is 26.3 Å². The molecule has 0 fully saturated rings. The molecule has 0 saturated carbocycles. The van der Waals surface area contributed by atoms with E-state index in [0.29, 0.717) is 13.0 Å². The average Bonchev–Trinajstić information content (AvgIpc) is 2.30. The van der Waals surface area contributed by atoms with E-state index in [1.54, 1.807) is 0 Å². The number of ether oxygens (including phenoxy) is 1. The fourth-order valence-electron chi connectivity index (χ4n) is 2.06. The summed E-state index contributed by atoms with van der Waals surface area (Å²) >= 11 is 0. The predicted octanol–water partition coefficient (Wildman–Crippen LogP) is 2.07. The summed E-state index contributed by atoms with van der Waals surface area (Å²) in [5.41, 5.74) is 6.90. The summed E-state index contributed by atoms with van der Waals surface area (Å²) in [4.78, 5) is 0. The first-order chi connectivity index (χ1) is 8.06. The molecule has 96 valence electrons. The van der Waals surface area contributed by atoms with Gasteiger partial charge in [-0.3, -0.25) is 0 Å².